The third kappa shape index (κ3) is 9.84. The third-order valence-electron chi connectivity index (χ3n) is 9.26. The number of nitrogens with zero attached hydrogens (tertiary/aromatic N) is 8. The van der Waals surface area contributed by atoms with Crippen LogP contribution >= 0.6 is 32.6 Å². The Kier molecular flexibility index (Phi) is 13.3. The van der Waals surface area contributed by atoms with Crippen LogP contribution in [0.2, 0.25) is 0 Å². The van der Waals surface area contributed by atoms with E-state index in [2.05, 4.69) is 40.9 Å². The van der Waals surface area contributed by atoms with Crippen molar-refractivity contribution in [2.75, 3.05) is 25.6 Å². The predicted molar refractivity (Wildman–Crippen MR) is 244 cm³/mol. The lowest BCUT2D eigenvalue weighted by atomic mass is 10.0. The van der Waals surface area contributed by atoms with Crippen LogP contribution < -0.4 is 11.5 Å². The van der Waals surface area contributed by atoms with Gasteiger partial charge in [0.05, 0.1) is 48.2 Å². The van der Waals surface area contributed by atoms with Crippen molar-refractivity contribution in [3.8, 4) is 11.5 Å². The van der Waals surface area contributed by atoms with E-state index in [9.17, 15) is 90.1 Å². The number of nitrogens with two attached hydrogens (primary N) is 2. The number of benzene rings is 6. The molecule has 0 heterocycles. The Morgan fingerprint density at radius 2 is 0.706 bits per heavy atom. The van der Waals surface area contributed by atoms with Gasteiger partial charge in [0.25, 0.3) is 30.4 Å². The molecule has 6 aromatic rings. The molecular weight excluding hydrogens is 1040 g/mol. The topological polar surface area (TPSA) is 537 Å². The van der Waals surface area contributed by atoms with Crippen molar-refractivity contribution in [3.05, 3.63) is 48.5 Å². The van der Waals surface area contributed by atoms with E-state index in [-0.39, 0.29) is 0 Å². The van der Waals surface area contributed by atoms with Gasteiger partial charge in [0.1, 0.15) is 70.0 Å². The number of aromatic hydroxyl groups is 2. The molecule has 30 nitrogen and oxygen atoms in total. The lowest BCUT2D eigenvalue weighted by Crippen LogP contribution is -2.03. The second-order valence-electron chi connectivity index (χ2n) is 13.6. The van der Waals surface area contributed by atoms with Gasteiger partial charge in [-0.15, -0.1) is 10.2 Å². The van der Waals surface area contributed by atoms with Crippen LogP contribution in [-0.2, 0) is 30.4 Å². The first-order chi connectivity index (χ1) is 31.1. The van der Waals surface area contributed by atoms with Gasteiger partial charge in [-0.05, 0) is 48.5 Å². The summed E-state index contributed by atoms with van der Waals surface area (Å²) >= 11 is 0. The van der Waals surface area contributed by atoms with Gasteiger partial charge in [-0.25, -0.2) is 0 Å². The Hall–Kier alpha value is -5.88. The van der Waals surface area contributed by atoms with Crippen LogP contribution in [0.3, 0.4) is 0 Å². The van der Waals surface area contributed by atoms with Crippen LogP contribution in [0.25, 0.3) is 32.3 Å². The quantitative estimate of drug-likeness (QED) is 0.0308. The zero-order valence-electron chi connectivity index (χ0n) is 33.5. The smallest absolute Gasteiger partial charge is 0.296 e. The lowest BCUT2D eigenvalue weighted by Gasteiger charge is -2.23. The fourth-order valence-electron chi connectivity index (χ4n) is 6.57. The Balaban J connectivity index is 1.59. The molecule has 68 heavy (non-hydrogen) atoms. The van der Waals surface area contributed by atoms with Gasteiger partial charge in [0, 0.05) is 35.6 Å². The zero-order valence-corrected chi connectivity index (χ0v) is 38.4. The SMILES string of the molecule is CN=Nc1c(S(=O)(=O)O)cc2c(S(O)(O)O)cc(N=Nc3cc(S(=O)(=O)O)c4cc(N=Nc5cc(S(=O)(=O)O)c6cc(S(O)(O)O)c(N=NC)c(O)c6c5N)cc(S(O)(O)O)c4c3)c(N)c2c1O. The number of phenols is 2. The second-order valence-corrected chi connectivity index (χ2v) is 22.2. The van der Waals surface area contributed by atoms with E-state index in [1.165, 1.54) is 0 Å². The highest BCUT2D eigenvalue weighted by atomic mass is 32.3. The van der Waals surface area contributed by atoms with Crippen LogP contribution in [0.15, 0.2) is 119 Å². The van der Waals surface area contributed by atoms with E-state index >= 15 is 0 Å². The highest BCUT2D eigenvalue weighted by Crippen LogP contribution is 2.58. The predicted octanol–water partition coefficient (Wildman–Crippen LogP) is 9.47. The highest BCUT2D eigenvalue weighted by Gasteiger charge is 2.32. The Labute approximate surface area is 384 Å². The van der Waals surface area contributed by atoms with E-state index in [1.54, 1.807) is 0 Å². The molecule has 0 aliphatic rings. The summed E-state index contributed by atoms with van der Waals surface area (Å²) in [4.78, 5) is -6.18. The van der Waals surface area contributed by atoms with Crippen molar-refractivity contribution in [2.24, 2.45) is 40.9 Å². The normalized spacial score (nSPS) is 14.5. The molecule has 0 atom stereocenters. The standard InChI is InChI=1S/C32H32N10O20S6/c1-35-41-29-23(67(57,58)59)7-15-21(65(51,52)53)9-17(27(33)25(15)31(29)43)39-37-11-3-13-14(19(5-11)63(45,46)47)4-12(6-20(13)64(48,49)50)38-40-18-10-22(66(54,55)56)16-8-24(68(60,61)62)30(42-36-2)32(44)26(16)28(18)34/h3-10,43-47,54-59H,33-34H2,1-2H3,(H,48,49,50)(H,51,52,53)(H,60,61,62). The number of hydrogen-bond acceptors (Lipinski definition) is 27. The number of anilines is 2. The van der Waals surface area contributed by atoms with Crippen molar-refractivity contribution in [1.29, 1.82) is 0 Å². The summed E-state index contributed by atoms with van der Waals surface area (Å²) in [5.74, 6) is -2.25. The summed E-state index contributed by atoms with van der Waals surface area (Å²) < 4.78 is 198. The average Bonchev–Trinajstić information content (AvgIpc) is 3.18. The van der Waals surface area contributed by atoms with Crippen molar-refractivity contribution >= 4 is 141 Å². The molecule has 6 aromatic carbocycles. The maximum Gasteiger partial charge on any atom is 0.296 e. The Morgan fingerprint density at radius 1 is 0.382 bits per heavy atom. The minimum atomic E-state index is -5.42. The van der Waals surface area contributed by atoms with Crippen LogP contribution in [0.5, 0.6) is 11.5 Å². The minimum Gasteiger partial charge on any atom is -0.505 e. The largest absolute Gasteiger partial charge is 0.505 e. The number of fused-ring (bicyclic) bond motifs is 3. The molecule has 0 aliphatic heterocycles. The van der Waals surface area contributed by atoms with Gasteiger partial charge in [-0.2, -0.15) is 55.9 Å². The van der Waals surface area contributed by atoms with E-state index in [0.717, 1.165) is 26.2 Å². The summed E-state index contributed by atoms with van der Waals surface area (Å²) in [7, 11) is -28.5. The van der Waals surface area contributed by atoms with E-state index < -0.39 is 182 Å². The number of rotatable bonds is 12. The lowest BCUT2D eigenvalue weighted by molar-refractivity contribution is 0.374. The maximum absolute atomic E-state index is 12.9. The van der Waals surface area contributed by atoms with Crippen LogP contribution in [0.1, 0.15) is 0 Å². The van der Waals surface area contributed by atoms with Gasteiger partial charge in [-0.1, -0.05) is 0 Å². The first-order valence-electron chi connectivity index (χ1n) is 17.3. The summed E-state index contributed by atoms with van der Waals surface area (Å²) in [5, 5.41) is 47.2. The van der Waals surface area contributed by atoms with Crippen molar-refractivity contribution in [2.45, 2.75) is 29.4 Å². The van der Waals surface area contributed by atoms with Crippen LogP contribution in [-0.4, -0.2) is 104 Å². The molecule has 0 saturated carbocycles. The van der Waals surface area contributed by atoms with Crippen molar-refractivity contribution in [3.63, 3.8) is 0 Å². The number of nitrogen functional groups attached to an aromatic ring is 2. The number of phenolic OH excluding ortho intramolecular Hbond substituents is 2. The van der Waals surface area contributed by atoms with Gasteiger partial charge < -0.3 is 62.7 Å². The molecule has 36 heteroatoms. The summed E-state index contributed by atoms with van der Waals surface area (Å²) in [6.07, 6.45) is 0. The third-order valence-corrected chi connectivity index (χ3v) is 14.7. The highest BCUT2D eigenvalue weighted by molar-refractivity contribution is 8.20. The van der Waals surface area contributed by atoms with E-state index in [1.807, 2.05) is 0 Å². The van der Waals surface area contributed by atoms with Crippen molar-refractivity contribution < 1.29 is 90.1 Å². The second kappa shape index (κ2) is 17.6. The maximum atomic E-state index is 12.9. The molecule has 0 fully saturated rings. The fourth-order valence-corrected chi connectivity index (χ4v) is 10.8. The molecule has 0 aliphatic carbocycles. The monoisotopic (exact) mass is 1070 g/mol. The molecule has 0 amide bonds. The zero-order chi connectivity index (χ0) is 51.0. The van der Waals surface area contributed by atoms with Gasteiger partial charge in [-0.3, -0.25) is 13.7 Å². The fraction of sp³-hybridized carbons (Fsp3) is 0.0625. The molecule has 0 unspecified atom stereocenters. The molecular formula is C32H32N10O20S6. The molecule has 0 spiro atoms. The van der Waals surface area contributed by atoms with Gasteiger partial charge in [0.15, 0.2) is 11.5 Å². The average molecular weight is 1070 g/mol. The summed E-state index contributed by atoms with van der Waals surface area (Å²) in [6.45, 7) is 0. The molecule has 0 saturated heterocycles. The minimum absolute atomic E-state index is 0.563. The Morgan fingerprint density at radius 3 is 1.10 bits per heavy atom. The first kappa shape index (κ1) is 51.5. The van der Waals surface area contributed by atoms with Gasteiger partial charge in [0.2, 0.25) is 0 Å². The molecule has 18 N–H and O–H groups in total. The molecule has 0 bridgehead atoms. The molecule has 366 valence electrons. The Bertz CT molecular complexity index is 3630. The summed E-state index contributed by atoms with van der Waals surface area (Å²) in [6, 6.07) is 5.38. The molecule has 0 aromatic heterocycles. The molecule has 6 rings (SSSR count). The van der Waals surface area contributed by atoms with E-state index in [4.69, 9.17) is 11.5 Å². The van der Waals surface area contributed by atoms with Crippen LogP contribution in [0.4, 0.5) is 45.5 Å². The number of hydrogen-bond donors (Lipinski definition) is 16. The first-order valence-corrected chi connectivity index (χ1v) is 26.2. The number of azo groups is 4. The van der Waals surface area contributed by atoms with Crippen molar-refractivity contribution in [1.82, 2.24) is 0 Å². The molecule has 0 radical (unpaired) electrons. The van der Waals surface area contributed by atoms with Gasteiger partial charge >= 0.3 is 0 Å². The summed E-state index contributed by atoms with van der Waals surface area (Å²) in [5.41, 5.74) is 6.80. The van der Waals surface area contributed by atoms with E-state index in [0.29, 0.717) is 36.4 Å². The van der Waals surface area contributed by atoms with Crippen LogP contribution in [0, 0.1) is 0 Å².